The number of anilines is 3. The number of H-pyrrole nitrogens is 1. The van der Waals surface area contributed by atoms with E-state index in [9.17, 15) is 14.7 Å². The van der Waals surface area contributed by atoms with Crippen LogP contribution < -0.4 is 25.2 Å². The number of nitrogens with zero attached hydrogens (tertiary/aromatic N) is 7. The molecule has 3 aromatic heterocycles. The fourth-order valence-electron chi connectivity index (χ4n) is 4.09. The number of carbonyl (C=O) groups is 2. The van der Waals surface area contributed by atoms with Crippen LogP contribution in [0.5, 0.6) is 5.75 Å². The van der Waals surface area contributed by atoms with E-state index in [2.05, 4.69) is 46.1 Å². The molecule has 0 saturated carbocycles. The molecule has 3 amide bonds. The number of fused-ring (bicyclic) bond motifs is 4. The largest absolute Gasteiger partial charge is 0.491 e. The third-order valence-electron chi connectivity index (χ3n) is 5.82. The SMILES string of the molecule is O=C(NCc1nn[nH]n1)c1ccc2c(n1)N(C(=O)Nc1cc(OCC(O)CO)ccn1)C1CCN2C1. The Labute approximate surface area is 204 Å². The number of urea groups is 1. The average Bonchev–Trinajstić information content (AvgIpc) is 3.57. The van der Waals surface area contributed by atoms with Crippen molar-refractivity contribution in [1.82, 2.24) is 35.9 Å². The molecular weight excluding hydrogens is 472 g/mol. The number of aliphatic hydroxyl groups is 2. The molecule has 15 nitrogen and oxygen atoms in total. The highest BCUT2D eigenvalue weighted by Gasteiger charge is 2.40. The third-order valence-corrected chi connectivity index (χ3v) is 5.82. The molecular formula is C21H24N10O5. The van der Waals surface area contributed by atoms with Crippen LogP contribution in [0, 0.1) is 0 Å². The number of pyridine rings is 2. The first kappa shape index (κ1) is 23.4. The molecule has 2 atom stereocenters. The molecule has 2 unspecified atom stereocenters. The van der Waals surface area contributed by atoms with Gasteiger partial charge in [-0.2, -0.15) is 5.21 Å². The second-order valence-corrected chi connectivity index (χ2v) is 8.26. The normalized spacial score (nSPS) is 16.9. The van der Waals surface area contributed by atoms with E-state index < -0.39 is 24.6 Å². The number of carbonyl (C=O) groups excluding carboxylic acids is 2. The summed E-state index contributed by atoms with van der Waals surface area (Å²) in [4.78, 5) is 38.5. The van der Waals surface area contributed by atoms with Crippen molar-refractivity contribution in [2.45, 2.75) is 25.1 Å². The molecule has 1 fully saturated rings. The van der Waals surface area contributed by atoms with E-state index in [0.29, 0.717) is 23.9 Å². The topological polar surface area (TPSA) is 195 Å². The second-order valence-electron chi connectivity index (χ2n) is 8.26. The lowest BCUT2D eigenvalue weighted by Gasteiger charge is -2.35. The number of aromatic amines is 1. The number of amides is 3. The van der Waals surface area contributed by atoms with Gasteiger partial charge in [0.2, 0.25) is 0 Å². The number of nitrogens with one attached hydrogen (secondary N) is 3. The summed E-state index contributed by atoms with van der Waals surface area (Å²) in [6, 6.07) is 5.92. The molecule has 2 aliphatic heterocycles. The first-order chi connectivity index (χ1) is 17.5. The predicted octanol–water partition coefficient (Wildman–Crippen LogP) is -0.718. The van der Waals surface area contributed by atoms with Crippen molar-refractivity contribution in [2.24, 2.45) is 0 Å². The molecule has 5 heterocycles. The number of aromatic nitrogens is 6. The molecule has 3 aromatic rings. The van der Waals surface area contributed by atoms with E-state index in [0.717, 1.165) is 18.7 Å². The number of hydrogen-bond acceptors (Lipinski definition) is 11. The lowest BCUT2D eigenvalue weighted by molar-refractivity contribution is 0.0536. The van der Waals surface area contributed by atoms with Crippen molar-refractivity contribution in [3.05, 3.63) is 42.0 Å². The minimum Gasteiger partial charge on any atom is -0.491 e. The number of rotatable bonds is 8. The third kappa shape index (κ3) is 4.87. The maximum atomic E-state index is 13.4. The zero-order valence-electron chi connectivity index (χ0n) is 19.0. The molecule has 0 aromatic carbocycles. The van der Waals surface area contributed by atoms with Gasteiger partial charge in [0.05, 0.1) is 24.9 Å². The predicted molar refractivity (Wildman–Crippen MR) is 125 cm³/mol. The second kappa shape index (κ2) is 10.1. The molecule has 0 spiro atoms. The van der Waals surface area contributed by atoms with Crippen LogP contribution in [-0.4, -0.2) is 91.2 Å². The Hall–Kier alpha value is -4.37. The molecule has 2 bridgehead atoms. The fraction of sp³-hybridized carbons (Fsp3) is 0.381. The maximum Gasteiger partial charge on any atom is 0.329 e. The maximum absolute atomic E-state index is 13.4. The molecule has 1 saturated heterocycles. The van der Waals surface area contributed by atoms with Crippen molar-refractivity contribution in [2.75, 3.05) is 41.4 Å². The summed E-state index contributed by atoms with van der Waals surface area (Å²) in [6.45, 7) is 0.965. The molecule has 5 N–H and O–H groups in total. The monoisotopic (exact) mass is 496 g/mol. The Kier molecular flexibility index (Phi) is 6.55. The van der Waals surface area contributed by atoms with Gasteiger partial charge in [0, 0.05) is 25.4 Å². The summed E-state index contributed by atoms with van der Waals surface area (Å²) in [5.74, 6) is 0.889. The smallest absolute Gasteiger partial charge is 0.329 e. The number of ether oxygens (including phenoxy) is 1. The molecule has 36 heavy (non-hydrogen) atoms. The molecule has 188 valence electrons. The van der Waals surface area contributed by atoms with Gasteiger partial charge in [0.15, 0.2) is 11.6 Å². The van der Waals surface area contributed by atoms with Crippen LogP contribution in [0.3, 0.4) is 0 Å². The Morgan fingerprint density at radius 3 is 3.00 bits per heavy atom. The van der Waals surface area contributed by atoms with Crippen molar-refractivity contribution < 1.29 is 24.5 Å². The van der Waals surface area contributed by atoms with E-state index in [1.165, 1.54) is 12.3 Å². The molecule has 0 radical (unpaired) electrons. The highest BCUT2D eigenvalue weighted by Crippen LogP contribution is 2.39. The lowest BCUT2D eigenvalue weighted by Crippen LogP contribution is -2.48. The van der Waals surface area contributed by atoms with Crippen LogP contribution in [0.4, 0.5) is 22.1 Å². The van der Waals surface area contributed by atoms with Gasteiger partial charge in [0.25, 0.3) is 5.91 Å². The van der Waals surface area contributed by atoms with Gasteiger partial charge >= 0.3 is 6.03 Å². The highest BCUT2D eigenvalue weighted by atomic mass is 16.5. The average molecular weight is 496 g/mol. The number of aliphatic hydroxyl groups excluding tert-OH is 2. The molecule has 2 aliphatic rings. The van der Waals surface area contributed by atoms with E-state index in [1.807, 2.05) is 0 Å². The zero-order chi connectivity index (χ0) is 25.1. The standard InChI is InChI=1S/C21H24N10O5/c32-10-13(33)11-36-14-3-5-22-17(7-14)25-21(35)31-12-4-6-30(9-12)16-2-1-15(24-19(16)31)20(34)23-8-18-26-28-29-27-18/h1-3,5,7,12-13,32-33H,4,6,8-11H2,(H,23,34)(H,22,25,35)(H,26,27,28,29). The van der Waals surface area contributed by atoms with Gasteiger partial charge in [-0.25, -0.2) is 14.8 Å². The van der Waals surface area contributed by atoms with Crippen LogP contribution in [-0.2, 0) is 6.54 Å². The number of hydrogen-bond donors (Lipinski definition) is 5. The lowest BCUT2D eigenvalue weighted by atomic mass is 10.1. The van der Waals surface area contributed by atoms with E-state index >= 15 is 0 Å². The van der Waals surface area contributed by atoms with Crippen LogP contribution in [0.2, 0.25) is 0 Å². The Bertz CT molecular complexity index is 1240. The van der Waals surface area contributed by atoms with E-state index in [-0.39, 0.29) is 30.7 Å². The Morgan fingerprint density at radius 2 is 2.19 bits per heavy atom. The first-order valence-electron chi connectivity index (χ1n) is 11.3. The summed E-state index contributed by atoms with van der Waals surface area (Å²) in [5, 5.41) is 37.2. The molecule has 15 heteroatoms. The minimum absolute atomic E-state index is 0.0759. The van der Waals surface area contributed by atoms with E-state index in [4.69, 9.17) is 9.84 Å². The van der Waals surface area contributed by atoms with E-state index in [1.54, 1.807) is 23.1 Å². The van der Waals surface area contributed by atoms with Crippen molar-refractivity contribution >= 4 is 29.3 Å². The quantitative estimate of drug-likeness (QED) is 0.264. The Balaban J connectivity index is 1.34. The first-order valence-corrected chi connectivity index (χ1v) is 11.3. The van der Waals surface area contributed by atoms with Crippen LogP contribution in [0.1, 0.15) is 22.7 Å². The Morgan fingerprint density at radius 1 is 1.31 bits per heavy atom. The molecule has 5 rings (SSSR count). The van der Waals surface area contributed by atoms with Gasteiger partial charge in [-0.05, 0) is 24.6 Å². The van der Waals surface area contributed by atoms with Gasteiger partial charge in [-0.1, -0.05) is 5.21 Å². The van der Waals surface area contributed by atoms with Crippen LogP contribution >= 0.6 is 0 Å². The summed E-state index contributed by atoms with van der Waals surface area (Å²) < 4.78 is 5.43. The zero-order valence-corrected chi connectivity index (χ0v) is 19.0. The summed E-state index contributed by atoms with van der Waals surface area (Å²) >= 11 is 0. The van der Waals surface area contributed by atoms with Gasteiger partial charge in [0.1, 0.15) is 30.0 Å². The number of tetrazole rings is 1. The van der Waals surface area contributed by atoms with Gasteiger partial charge < -0.3 is 25.2 Å². The van der Waals surface area contributed by atoms with Gasteiger partial charge in [-0.15, -0.1) is 10.2 Å². The van der Waals surface area contributed by atoms with Crippen LogP contribution in [0.25, 0.3) is 0 Å². The minimum atomic E-state index is -1.02. The van der Waals surface area contributed by atoms with Crippen molar-refractivity contribution in [3.8, 4) is 5.75 Å². The summed E-state index contributed by atoms with van der Waals surface area (Å²) in [7, 11) is 0. The van der Waals surface area contributed by atoms with Crippen LogP contribution in [0.15, 0.2) is 30.5 Å². The summed E-state index contributed by atoms with van der Waals surface area (Å²) in [6.07, 6.45) is 1.19. The van der Waals surface area contributed by atoms with Crippen molar-refractivity contribution in [1.29, 1.82) is 0 Å². The molecule has 0 aliphatic carbocycles. The highest BCUT2D eigenvalue weighted by molar-refractivity contribution is 6.05. The van der Waals surface area contributed by atoms with Gasteiger partial charge in [-0.3, -0.25) is 15.0 Å². The van der Waals surface area contributed by atoms with Crippen molar-refractivity contribution in [3.63, 3.8) is 0 Å². The fourth-order valence-corrected chi connectivity index (χ4v) is 4.09. The summed E-state index contributed by atoms with van der Waals surface area (Å²) in [5.41, 5.74) is 0.908.